The Labute approximate surface area is 166 Å². The molecule has 2 aromatic carbocycles. The molecule has 152 valence electrons. The molecule has 2 rings (SSSR count). The fraction of sp³-hybridized carbons (Fsp3) is 0.350. The van der Waals surface area contributed by atoms with Gasteiger partial charge in [-0.3, -0.25) is 4.79 Å². The number of nitrogens with zero attached hydrogens (tertiary/aromatic N) is 1. The van der Waals surface area contributed by atoms with Crippen molar-refractivity contribution in [3.8, 4) is 11.5 Å². The predicted octanol–water partition coefficient (Wildman–Crippen LogP) is 3.05. The summed E-state index contributed by atoms with van der Waals surface area (Å²) in [5.74, 6) is 0.671. The van der Waals surface area contributed by atoms with E-state index in [0.717, 1.165) is 5.56 Å². The second-order valence-electron chi connectivity index (χ2n) is 6.10. The first-order chi connectivity index (χ1) is 13.3. The molecule has 0 radical (unpaired) electrons. The molecule has 2 aromatic rings. The van der Waals surface area contributed by atoms with Gasteiger partial charge in [-0.15, -0.1) is 0 Å². The van der Waals surface area contributed by atoms with Crippen molar-refractivity contribution in [2.75, 3.05) is 32.1 Å². The molecule has 8 heteroatoms. The van der Waals surface area contributed by atoms with Crippen LogP contribution < -0.4 is 14.8 Å². The summed E-state index contributed by atoms with van der Waals surface area (Å²) in [6, 6.07) is 11.5. The number of anilines is 1. The molecule has 0 saturated heterocycles. The largest absolute Gasteiger partial charge is 0.493 e. The van der Waals surface area contributed by atoms with Crippen LogP contribution in [0.4, 0.5) is 5.69 Å². The summed E-state index contributed by atoms with van der Waals surface area (Å²) < 4.78 is 37.1. The van der Waals surface area contributed by atoms with Crippen LogP contribution in [0.2, 0.25) is 0 Å². The van der Waals surface area contributed by atoms with Crippen LogP contribution in [-0.2, 0) is 14.8 Å². The molecule has 7 nitrogen and oxygen atoms in total. The number of carbonyl (C=O) groups is 1. The monoisotopic (exact) mass is 406 g/mol. The highest BCUT2D eigenvalue weighted by molar-refractivity contribution is 7.89. The van der Waals surface area contributed by atoms with Gasteiger partial charge in [-0.1, -0.05) is 19.9 Å². The maximum atomic E-state index is 12.5. The van der Waals surface area contributed by atoms with Crippen molar-refractivity contribution in [3.05, 3.63) is 48.0 Å². The van der Waals surface area contributed by atoms with E-state index in [-0.39, 0.29) is 17.4 Å². The van der Waals surface area contributed by atoms with Crippen molar-refractivity contribution in [1.82, 2.24) is 4.31 Å². The molecule has 1 N–H and O–H groups in total. The molecule has 0 aliphatic heterocycles. The quantitative estimate of drug-likeness (QED) is 0.692. The van der Waals surface area contributed by atoms with Crippen molar-refractivity contribution >= 4 is 21.6 Å². The van der Waals surface area contributed by atoms with Crippen LogP contribution in [0.5, 0.6) is 11.5 Å². The minimum atomic E-state index is -3.52. The fourth-order valence-electron chi connectivity index (χ4n) is 2.66. The first kappa shape index (κ1) is 21.7. The summed E-state index contributed by atoms with van der Waals surface area (Å²) >= 11 is 0. The van der Waals surface area contributed by atoms with Gasteiger partial charge in [-0.25, -0.2) is 8.42 Å². The third-order valence-corrected chi connectivity index (χ3v) is 6.22. The zero-order chi connectivity index (χ0) is 20.7. The van der Waals surface area contributed by atoms with Gasteiger partial charge in [-0.2, -0.15) is 4.31 Å². The number of amides is 1. The lowest BCUT2D eigenvalue weighted by atomic mass is 10.2. The maximum absolute atomic E-state index is 12.5. The van der Waals surface area contributed by atoms with E-state index >= 15 is 0 Å². The summed E-state index contributed by atoms with van der Waals surface area (Å²) in [6.45, 7) is 6.12. The van der Waals surface area contributed by atoms with Crippen LogP contribution in [0.25, 0.3) is 0 Å². The normalized spacial score (nSPS) is 11.3. The molecule has 0 unspecified atom stereocenters. The van der Waals surface area contributed by atoms with Crippen molar-refractivity contribution in [2.24, 2.45) is 0 Å². The van der Waals surface area contributed by atoms with Gasteiger partial charge in [0.2, 0.25) is 10.0 Å². The van der Waals surface area contributed by atoms with E-state index in [9.17, 15) is 13.2 Å². The predicted molar refractivity (Wildman–Crippen MR) is 108 cm³/mol. The van der Waals surface area contributed by atoms with Crippen LogP contribution in [0.1, 0.15) is 19.4 Å². The number of benzene rings is 2. The van der Waals surface area contributed by atoms with Gasteiger partial charge in [-0.05, 0) is 48.9 Å². The minimum absolute atomic E-state index is 0.190. The van der Waals surface area contributed by atoms with Crippen molar-refractivity contribution in [3.63, 3.8) is 0 Å². The van der Waals surface area contributed by atoms with E-state index in [0.29, 0.717) is 30.3 Å². The zero-order valence-corrected chi connectivity index (χ0v) is 17.4. The minimum Gasteiger partial charge on any atom is -0.493 e. The zero-order valence-electron chi connectivity index (χ0n) is 16.6. The summed E-state index contributed by atoms with van der Waals surface area (Å²) in [5.41, 5.74) is 1.51. The average Bonchev–Trinajstić information content (AvgIpc) is 2.68. The van der Waals surface area contributed by atoms with Gasteiger partial charge in [0.05, 0.1) is 12.0 Å². The number of methoxy groups -OCH3 is 1. The molecule has 28 heavy (non-hydrogen) atoms. The van der Waals surface area contributed by atoms with Gasteiger partial charge in [0.25, 0.3) is 5.91 Å². The lowest BCUT2D eigenvalue weighted by Gasteiger charge is -2.18. The van der Waals surface area contributed by atoms with Crippen LogP contribution in [0, 0.1) is 6.92 Å². The van der Waals surface area contributed by atoms with Crippen LogP contribution >= 0.6 is 0 Å². The highest BCUT2D eigenvalue weighted by Crippen LogP contribution is 2.27. The molecule has 0 bridgehead atoms. The van der Waals surface area contributed by atoms with Crippen molar-refractivity contribution in [2.45, 2.75) is 25.7 Å². The van der Waals surface area contributed by atoms with Crippen molar-refractivity contribution in [1.29, 1.82) is 0 Å². The molecule has 0 fully saturated rings. The van der Waals surface area contributed by atoms with Gasteiger partial charge in [0.15, 0.2) is 18.1 Å². The van der Waals surface area contributed by atoms with E-state index in [1.54, 1.807) is 32.0 Å². The Hall–Kier alpha value is -2.58. The number of hydrogen-bond acceptors (Lipinski definition) is 5. The maximum Gasteiger partial charge on any atom is 0.262 e. The van der Waals surface area contributed by atoms with Crippen molar-refractivity contribution < 1.29 is 22.7 Å². The average molecular weight is 407 g/mol. The Morgan fingerprint density at radius 1 is 1.04 bits per heavy atom. The molecule has 0 aliphatic rings. The number of sulfonamides is 1. The Bertz CT molecular complexity index is 907. The molecule has 0 aromatic heterocycles. The first-order valence-electron chi connectivity index (χ1n) is 8.99. The Morgan fingerprint density at radius 3 is 2.25 bits per heavy atom. The summed E-state index contributed by atoms with van der Waals surface area (Å²) in [4.78, 5) is 12.3. The van der Waals surface area contributed by atoms with Crippen LogP contribution in [0.15, 0.2) is 47.4 Å². The fourth-order valence-corrected chi connectivity index (χ4v) is 4.12. The topological polar surface area (TPSA) is 84.9 Å². The first-order valence-corrected chi connectivity index (χ1v) is 10.4. The van der Waals surface area contributed by atoms with Gasteiger partial charge < -0.3 is 14.8 Å². The highest BCUT2D eigenvalue weighted by atomic mass is 32.2. The van der Waals surface area contributed by atoms with E-state index in [2.05, 4.69) is 5.32 Å². The summed E-state index contributed by atoms with van der Waals surface area (Å²) in [7, 11) is -1.98. The summed E-state index contributed by atoms with van der Waals surface area (Å²) in [5, 5.41) is 2.68. The number of ether oxygens (including phenoxy) is 2. The SMILES string of the molecule is CCN(CC)S(=O)(=O)c1ccc(NC(=O)COc2ccc(C)cc2OC)cc1. The third kappa shape index (κ3) is 5.24. The Morgan fingerprint density at radius 2 is 1.68 bits per heavy atom. The highest BCUT2D eigenvalue weighted by Gasteiger charge is 2.21. The number of carbonyl (C=O) groups excluding carboxylic acids is 1. The standard InChI is InChI=1S/C20H26N2O5S/c1-5-22(6-2)28(24,25)17-10-8-16(9-11-17)21-20(23)14-27-18-12-7-15(3)13-19(18)26-4/h7-13H,5-6,14H2,1-4H3,(H,21,23). The molecule has 0 spiro atoms. The number of hydrogen-bond donors (Lipinski definition) is 1. The second-order valence-corrected chi connectivity index (χ2v) is 8.04. The molecular formula is C20H26N2O5S. The Balaban J connectivity index is 2.00. The number of nitrogens with one attached hydrogen (secondary N) is 1. The van der Waals surface area contributed by atoms with E-state index < -0.39 is 10.0 Å². The number of aryl methyl sites for hydroxylation is 1. The van der Waals surface area contributed by atoms with Gasteiger partial charge >= 0.3 is 0 Å². The smallest absolute Gasteiger partial charge is 0.262 e. The lowest BCUT2D eigenvalue weighted by Crippen LogP contribution is -2.30. The second kappa shape index (κ2) is 9.57. The molecule has 0 heterocycles. The lowest BCUT2D eigenvalue weighted by molar-refractivity contribution is -0.118. The van der Waals surface area contributed by atoms with Gasteiger partial charge in [0.1, 0.15) is 0 Å². The van der Waals surface area contributed by atoms with E-state index in [1.165, 1.54) is 23.5 Å². The van der Waals surface area contributed by atoms with Crippen LogP contribution in [-0.4, -0.2) is 45.4 Å². The number of rotatable bonds is 9. The van der Waals surface area contributed by atoms with Crippen LogP contribution in [0.3, 0.4) is 0 Å². The van der Waals surface area contributed by atoms with Gasteiger partial charge in [0, 0.05) is 18.8 Å². The molecule has 0 saturated carbocycles. The van der Waals surface area contributed by atoms with E-state index in [1.807, 2.05) is 19.1 Å². The Kier molecular flexibility index (Phi) is 7.42. The summed E-state index contributed by atoms with van der Waals surface area (Å²) in [6.07, 6.45) is 0. The molecule has 0 aliphatic carbocycles. The third-order valence-electron chi connectivity index (χ3n) is 4.16. The molecule has 0 atom stereocenters. The molecular weight excluding hydrogens is 380 g/mol. The molecule has 1 amide bonds. The van der Waals surface area contributed by atoms with E-state index in [4.69, 9.17) is 9.47 Å².